The second kappa shape index (κ2) is 13.4. The SMILES string of the molecule is C=C/C=C\C=C(/c1ccccc1)N(c1ccc(-c2cccc3c2C2(c4ccccc4-c4ccccc42)c2ccccc2-3)cc1)c1ccc2c(c1)C(C)(C)c1ccccc1-2. The van der Waals surface area contributed by atoms with Crippen molar-refractivity contribution in [3.8, 4) is 44.5 Å². The second-order valence-corrected chi connectivity index (χ2v) is 16.4. The summed E-state index contributed by atoms with van der Waals surface area (Å²) in [4.78, 5) is 2.42. The summed E-state index contributed by atoms with van der Waals surface area (Å²) in [6.07, 6.45) is 8.12. The van der Waals surface area contributed by atoms with E-state index >= 15 is 0 Å². The minimum atomic E-state index is -0.421. The van der Waals surface area contributed by atoms with Crippen molar-refractivity contribution in [2.75, 3.05) is 4.90 Å². The lowest BCUT2D eigenvalue weighted by Gasteiger charge is -2.32. The normalized spacial score (nSPS) is 14.6. The number of hydrogen-bond acceptors (Lipinski definition) is 1. The number of fused-ring (bicyclic) bond motifs is 13. The largest absolute Gasteiger partial charge is 0.310 e. The third kappa shape index (κ3) is 5.04. The Hall–Kier alpha value is -7.22. The molecule has 0 aromatic heterocycles. The fourth-order valence-electron chi connectivity index (χ4n) is 10.6. The molecule has 0 unspecified atom stereocenters. The Balaban J connectivity index is 1.11. The molecule has 280 valence electrons. The van der Waals surface area contributed by atoms with Crippen LogP contribution in [-0.2, 0) is 10.8 Å². The molecule has 0 saturated heterocycles. The van der Waals surface area contributed by atoms with Crippen LogP contribution >= 0.6 is 0 Å². The molecule has 1 nitrogen and oxygen atoms in total. The van der Waals surface area contributed by atoms with Gasteiger partial charge in [-0.2, -0.15) is 0 Å². The van der Waals surface area contributed by atoms with Gasteiger partial charge < -0.3 is 4.90 Å². The molecule has 0 radical (unpaired) electrons. The van der Waals surface area contributed by atoms with Gasteiger partial charge in [0.25, 0.3) is 0 Å². The van der Waals surface area contributed by atoms with Crippen molar-refractivity contribution < 1.29 is 0 Å². The zero-order valence-corrected chi connectivity index (χ0v) is 33.4. The standard InChI is InChI=1S/C58H43N/c1-4-5-7-31-55(40-19-8-6-9-20-40)59(42-36-37-48-44-21-10-14-27-50(44)57(2,3)54(48)38-42)41-34-32-39(33-35-41)43-25-18-26-49-47-24-13-17-30-53(47)58(56(43)49)51-28-15-11-22-45(51)46-23-12-16-29-52(46)58/h4-38H,1H2,2-3H3/b7-5-,55-31+. The highest BCUT2D eigenvalue weighted by molar-refractivity contribution is 5.99. The molecule has 0 bridgehead atoms. The minimum absolute atomic E-state index is 0.129. The summed E-state index contributed by atoms with van der Waals surface area (Å²) >= 11 is 0. The van der Waals surface area contributed by atoms with Crippen LogP contribution in [0.5, 0.6) is 0 Å². The predicted octanol–water partition coefficient (Wildman–Crippen LogP) is 14.9. The van der Waals surface area contributed by atoms with Crippen LogP contribution in [0.4, 0.5) is 11.4 Å². The predicted molar refractivity (Wildman–Crippen MR) is 248 cm³/mol. The van der Waals surface area contributed by atoms with Gasteiger partial charge in [0.15, 0.2) is 0 Å². The fourth-order valence-corrected chi connectivity index (χ4v) is 10.6. The van der Waals surface area contributed by atoms with E-state index in [1.807, 2.05) is 12.2 Å². The zero-order chi connectivity index (χ0) is 39.7. The Morgan fingerprint density at radius 3 is 1.56 bits per heavy atom. The van der Waals surface area contributed by atoms with E-state index in [4.69, 9.17) is 0 Å². The molecule has 1 heteroatoms. The van der Waals surface area contributed by atoms with Crippen molar-refractivity contribution in [1.82, 2.24) is 0 Å². The van der Waals surface area contributed by atoms with Crippen LogP contribution in [0, 0.1) is 0 Å². The number of hydrogen-bond donors (Lipinski definition) is 0. The smallest absolute Gasteiger partial charge is 0.0731 e. The molecule has 0 aliphatic heterocycles. The van der Waals surface area contributed by atoms with Gasteiger partial charge in [-0.3, -0.25) is 0 Å². The molecule has 3 aliphatic carbocycles. The van der Waals surface area contributed by atoms with Gasteiger partial charge in [0.2, 0.25) is 0 Å². The van der Waals surface area contributed by atoms with Crippen LogP contribution in [0.1, 0.15) is 52.8 Å². The lowest BCUT2D eigenvalue weighted by Crippen LogP contribution is -2.26. The number of nitrogens with zero attached hydrogens (tertiary/aromatic N) is 1. The lowest BCUT2D eigenvalue weighted by atomic mass is 9.68. The van der Waals surface area contributed by atoms with Gasteiger partial charge in [-0.05, 0) is 114 Å². The fraction of sp³-hybridized carbons (Fsp3) is 0.0690. The Morgan fingerprint density at radius 1 is 0.441 bits per heavy atom. The Labute approximate surface area is 347 Å². The summed E-state index contributed by atoms with van der Waals surface area (Å²) in [5.74, 6) is 0. The maximum atomic E-state index is 3.96. The van der Waals surface area contributed by atoms with E-state index in [1.165, 1.54) is 77.9 Å². The molecule has 3 aliphatic rings. The summed E-state index contributed by atoms with van der Waals surface area (Å²) in [6.45, 7) is 8.67. The average molecular weight is 754 g/mol. The van der Waals surface area contributed by atoms with Gasteiger partial charge in [0.1, 0.15) is 0 Å². The van der Waals surface area contributed by atoms with Crippen LogP contribution in [0.25, 0.3) is 50.2 Å². The Morgan fingerprint density at radius 2 is 0.932 bits per heavy atom. The van der Waals surface area contributed by atoms with Gasteiger partial charge in [0.05, 0.1) is 11.1 Å². The molecule has 0 N–H and O–H groups in total. The van der Waals surface area contributed by atoms with E-state index in [0.29, 0.717) is 0 Å². The van der Waals surface area contributed by atoms with Crippen molar-refractivity contribution in [2.45, 2.75) is 24.7 Å². The van der Waals surface area contributed by atoms with E-state index in [9.17, 15) is 0 Å². The Kier molecular flexibility index (Phi) is 7.97. The molecule has 0 heterocycles. The van der Waals surface area contributed by atoms with Crippen LogP contribution in [0.15, 0.2) is 219 Å². The first kappa shape index (κ1) is 35.0. The lowest BCUT2D eigenvalue weighted by molar-refractivity contribution is 0.660. The van der Waals surface area contributed by atoms with Crippen LogP contribution in [0.3, 0.4) is 0 Å². The second-order valence-electron chi connectivity index (χ2n) is 16.4. The van der Waals surface area contributed by atoms with Crippen molar-refractivity contribution in [3.63, 3.8) is 0 Å². The summed E-state index contributed by atoms with van der Waals surface area (Å²) in [7, 11) is 0. The first-order chi connectivity index (χ1) is 29.0. The van der Waals surface area contributed by atoms with Crippen LogP contribution in [0.2, 0.25) is 0 Å². The summed E-state index contributed by atoms with van der Waals surface area (Å²) in [5, 5.41) is 0. The van der Waals surface area contributed by atoms with Crippen LogP contribution < -0.4 is 4.90 Å². The van der Waals surface area contributed by atoms with Crippen molar-refractivity contribution in [3.05, 3.63) is 258 Å². The summed E-state index contributed by atoms with van der Waals surface area (Å²) in [5.41, 5.74) is 22.4. The van der Waals surface area contributed by atoms with E-state index < -0.39 is 5.41 Å². The summed E-state index contributed by atoms with van der Waals surface area (Å²) in [6, 6.07) is 69.9. The van der Waals surface area contributed by atoms with Crippen LogP contribution in [-0.4, -0.2) is 0 Å². The molecular weight excluding hydrogens is 711 g/mol. The molecule has 8 aromatic carbocycles. The molecule has 8 aromatic rings. The molecule has 1 spiro atoms. The van der Waals surface area contributed by atoms with Crippen molar-refractivity contribution in [1.29, 1.82) is 0 Å². The van der Waals surface area contributed by atoms with E-state index in [1.54, 1.807) is 0 Å². The topological polar surface area (TPSA) is 3.24 Å². The van der Waals surface area contributed by atoms with Crippen molar-refractivity contribution >= 4 is 17.1 Å². The Bertz CT molecular complexity index is 2970. The average Bonchev–Trinajstić information content (AvgIpc) is 3.85. The van der Waals surface area contributed by atoms with Gasteiger partial charge >= 0.3 is 0 Å². The summed E-state index contributed by atoms with van der Waals surface area (Å²) < 4.78 is 0. The third-order valence-electron chi connectivity index (χ3n) is 13.1. The minimum Gasteiger partial charge on any atom is -0.310 e. The highest BCUT2D eigenvalue weighted by Crippen LogP contribution is 2.64. The number of benzene rings is 8. The molecular formula is C58H43N. The highest BCUT2D eigenvalue weighted by Gasteiger charge is 2.52. The number of rotatable bonds is 7. The van der Waals surface area contributed by atoms with Gasteiger partial charge in [-0.25, -0.2) is 0 Å². The van der Waals surface area contributed by atoms with Crippen molar-refractivity contribution in [2.24, 2.45) is 0 Å². The van der Waals surface area contributed by atoms with E-state index in [0.717, 1.165) is 22.6 Å². The molecule has 0 atom stereocenters. The highest BCUT2D eigenvalue weighted by atomic mass is 15.1. The molecule has 11 rings (SSSR count). The molecule has 59 heavy (non-hydrogen) atoms. The third-order valence-corrected chi connectivity index (χ3v) is 13.1. The molecule has 0 fully saturated rings. The number of anilines is 2. The molecule has 0 amide bonds. The first-order valence-electron chi connectivity index (χ1n) is 20.6. The quantitative estimate of drug-likeness (QED) is 0.147. The van der Waals surface area contributed by atoms with Gasteiger partial charge in [-0.15, -0.1) is 0 Å². The zero-order valence-electron chi connectivity index (χ0n) is 33.4. The van der Waals surface area contributed by atoms with Gasteiger partial charge in [-0.1, -0.05) is 202 Å². The maximum absolute atomic E-state index is 3.96. The monoisotopic (exact) mass is 753 g/mol. The molecule has 0 saturated carbocycles. The van der Waals surface area contributed by atoms with E-state index in [2.05, 4.69) is 226 Å². The first-order valence-corrected chi connectivity index (χ1v) is 20.6. The van der Waals surface area contributed by atoms with E-state index in [-0.39, 0.29) is 5.41 Å². The van der Waals surface area contributed by atoms with Gasteiger partial charge in [0, 0.05) is 16.8 Å². The maximum Gasteiger partial charge on any atom is 0.0731 e. The number of allylic oxidation sites excluding steroid dienone is 4.